The standard InChI is InChI=1S/C11H14FNO/c12-11-5-10(4-3-9(11)6-13)14-7-8-1-2-8/h3-5,8H,1-2,6-7,13H2. The Bertz CT molecular complexity index is 323. The first-order valence-electron chi connectivity index (χ1n) is 4.91. The van der Waals surface area contributed by atoms with Crippen molar-refractivity contribution >= 4 is 0 Å². The molecule has 2 N–H and O–H groups in total. The molecule has 14 heavy (non-hydrogen) atoms. The molecule has 0 aliphatic heterocycles. The first-order chi connectivity index (χ1) is 6.79. The Balaban J connectivity index is 1.99. The molecule has 2 rings (SSSR count). The Hall–Kier alpha value is -1.09. The van der Waals surface area contributed by atoms with E-state index in [0.717, 1.165) is 0 Å². The normalized spacial score (nSPS) is 15.6. The molecule has 0 heterocycles. The maximum atomic E-state index is 13.2. The highest BCUT2D eigenvalue weighted by Crippen LogP contribution is 2.29. The first kappa shape index (κ1) is 9.46. The molecular formula is C11H14FNO. The van der Waals surface area contributed by atoms with Gasteiger partial charge in [-0.3, -0.25) is 0 Å². The van der Waals surface area contributed by atoms with E-state index in [1.54, 1.807) is 12.1 Å². The molecule has 3 heteroatoms. The van der Waals surface area contributed by atoms with Gasteiger partial charge in [0, 0.05) is 18.2 Å². The maximum Gasteiger partial charge on any atom is 0.131 e. The summed E-state index contributed by atoms with van der Waals surface area (Å²) in [4.78, 5) is 0. The number of ether oxygens (including phenoxy) is 1. The number of hydrogen-bond acceptors (Lipinski definition) is 2. The van der Waals surface area contributed by atoms with Crippen LogP contribution in [0.3, 0.4) is 0 Å². The van der Waals surface area contributed by atoms with E-state index in [9.17, 15) is 4.39 Å². The molecule has 2 nitrogen and oxygen atoms in total. The van der Waals surface area contributed by atoms with E-state index < -0.39 is 0 Å². The van der Waals surface area contributed by atoms with Crippen LogP contribution in [0.15, 0.2) is 18.2 Å². The topological polar surface area (TPSA) is 35.2 Å². The summed E-state index contributed by atoms with van der Waals surface area (Å²) in [5, 5.41) is 0. The number of nitrogens with two attached hydrogens (primary N) is 1. The zero-order chi connectivity index (χ0) is 9.97. The van der Waals surface area contributed by atoms with Crippen molar-refractivity contribution in [2.45, 2.75) is 19.4 Å². The van der Waals surface area contributed by atoms with Crippen LogP contribution in [0.4, 0.5) is 4.39 Å². The summed E-state index contributed by atoms with van der Waals surface area (Å²) in [6, 6.07) is 4.86. The Labute approximate surface area is 82.9 Å². The van der Waals surface area contributed by atoms with Gasteiger partial charge in [-0.2, -0.15) is 0 Å². The van der Waals surface area contributed by atoms with Crippen LogP contribution in [0.2, 0.25) is 0 Å². The molecule has 1 aromatic carbocycles. The van der Waals surface area contributed by atoms with E-state index in [0.29, 0.717) is 23.8 Å². The molecule has 0 aromatic heterocycles. The van der Waals surface area contributed by atoms with Crippen LogP contribution in [0.1, 0.15) is 18.4 Å². The van der Waals surface area contributed by atoms with Crippen molar-refractivity contribution in [2.24, 2.45) is 11.7 Å². The van der Waals surface area contributed by atoms with Gasteiger partial charge in [0.2, 0.25) is 0 Å². The molecular weight excluding hydrogens is 181 g/mol. The van der Waals surface area contributed by atoms with E-state index in [-0.39, 0.29) is 12.4 Å². The molecule has 1 aromatic rings. The summed E-state index contributed by atoms with van der Waals surface area (Å²) in [6.07, 6.45) is 2.48. The predicted octanol–water partition coefficient (Wildman–Crippen LogP) is 2.07. The van der Waals surface area contributed by atoms with Gasteiger partial charge in [-0.25, -0.2) is 4.39 Å². The summed E-state index contributed by atoms with van der Waals surface area (Å²) < 4.78 is 18.7. The zero-order valence-corrected chi connectivity index (χ0v) is 8.00. The molecule has 0 unspecified atom stereocenters. The Morgan fingerprint density at radius 2 is 2.21 bits per heavy atom. The SMILES string of the molecule is NCc1ccc(OCC2CC2)cc1F. The summed E-state index contributed by atoms with van der Waals surface area (Å²) in [5.41, 5.74) is 5.88. The summed E-state index contributed by atoms with van der Waals surface area (Å²) in [7, 11) is 0. The van der Waals surface area contributed by atoms with Gasteiger partial charge in [-0.05, 0) is 24.8 Å². The average Bonchev–Trinajstić information content (AvgIpc) is 2.98. The highest BCUT2D eigenvalue weighted by Gasteiger charge is 2.21. The van der Waals surface area contributed by atoms with Crippen LogP contribution in [0, 0.1) is 11.7 Å². The lowest BCUT2D eigenvalue weighted by Crippen LogP contribution is -2.02. The summed E-state index contributed by atoms with van der Waals surface area (Å²) in [5.74, 6) is 1.01. The monoisotopic (exact) mass is 195 g/mol. The Morgan fingerprint density at radius 3 is 2.79 bits per heavy atom. The van der Waals surface area contributed by atoms with Crippen LogP contribution in [0.25, 0.3) is 0 Å². The maximum absolute atomic E-state index is 13.2. The fraction of sp³-hybridized carbons (Fsp3) is 0.455. The lowest BCUT2D eigenvalue weighted by molar-refractivity contribution is 0.298. The Kier molecular flexibility index (Phi) is 2.68. The van der Waals surface area contributed by atoms with E-state index >= 15 is 0 Å². The van der Waals surface area contributed by atoms with E-state index in [1.165, 1.54) is 18.9 Å². The molecule has 0 atom stereocenters. The molecule has 1 saturated carbocycles. The van der Waals surface area contributed by atoms with Gasteiger partial charge < -0.3 is 10.5 Å². The minimum Gasteiger partial charge on any atom is -0.493 e. The minimum absolute atomic E-state index is 0.231. The molecule has 0 spiro atoms. The number of benzene rings is 1. The highest BCUT2D eigenvalue weighted by molar-refractivity contribution is 5.28. The van der Waals surface area contributed by atoms with Crippen molar-refractivity contribution in [1.29, 1.82) is 0 Å². The first-order valence-corrected chi connectivity index (χ1v) is 4.91. The molecule has 0 radical (unpaired) electrons. The lowest BCUT2D eigenvalue weighted by Gasteiger charge is -2.06. The number of halogens is 1. The van der Waals surface area contributed by atoms with Gasteiger partial charge in [0.15, 0.2) is 0 Å². The smallest absolute Gasteiger partial charge is 0.131 e. The van der Waals surface area contributed by atoms with E-state index in [1.807, 2.05) is 0 Å². The predicted molar refractivity (Wildman–Crippen MR) is 52.5 cm³/mol. The van der Waals surface area contributed by atoms with Crippen molar-refractivity contribution in [3.05, 3.63) is 29.6 Å². The largest absolute Gasteiger partial charge is 0.493 e. The second kappa shape index (κ2) is 3.96. The van der Waals surface area contributed by atoms with Crippen LogP contribution in [-0.4, -0.2) is 6.61 Å². The Morgan fingerprint density at radius 1 is 1.43 bits per heavy atom. The molecule has 1 aliphatic carbocycles. The quantitative estimate of drug-likeness (QED) is 0.798. The molecule has 0 bridgehead atoms. The van der Waals surface area contributed by atoms with Crippen molar-refractivity contribution in [3.63, 3.8) is 0 Å². The van der Waals surface area contributed by atoms with Crippen molar-refractivity contribution in [2.75, 3.05) is 6.61 Å². The van der Waals surface area contributed by atoms with E-state index in [4.69, 9.17) is 10.5 Å². The van der Waals surface area contributed by atoms with Crippen LogP contribution < -0.4 is 10.5 Å². The zero-order valence-electron chi connectivity index (χ0n) is 8.00. The minimum atomic E-state index is -0.277. The summed E-state index contributed by atoms with van der Waals surface area (Å²) in [6.45, 7) is 0.941. The molecule has 0 amide bonds. The van der Waals surface area contributed by atoms with Gasteiger partial charge in [0.1, 0.15) is 11.6 Å². The van der Waals surface area contributed by atoms with Crippen molar-refractivity contribution < 1.29 is 9.13 Å². The number of hydrogen-bond donors (Lipinski definition) is 1. The number of rotatable bonds is 4. The third-order valence-electron chi connectivity index (χ3n) is 2.43. The fourth-order valence-corrected chi connectivity index (χ4v) is 1.28. The van der Waals surface area contributed by atoms with Crippen molar-refractivity contribution in [3.8, 4) is 5.75 Å². The second-order valence-corrected chi connectivity index (χ2v) is 3.71. The molecule has 1 aliphatic rings. The van der Waals surface area contributed by atoms with Crippen LogP contribution in [0.5, 0.6) is 5.75 Å². The molecule has 1 fully saturated rings. The van der Waals surface area contributed by atoms with Crippen LogP contribution >= 0.6 is 0 Å². The fourth-order valence-electron chi connectivity index (χ4n) is 1.28. The lowest BCUT2D eigenvalue weighted by atomic mass is 10.2. The third-order valence-corrected chi connectivity index (χ3v) is 2.43. The van der Waals surface area contributed by atoms with Gasteiger partial charge in [0.25, 0.3) is 0 Å². The van der Waals surface area contributed by atoms with Gasteiger partial charge >= 0.3 is 0 Å². The molecule has 76 valence electrons. The van der Waals surface area contributed by atoms with Gasteiger partial charge in [-0.15, -0.1) is 0 Å². The summed E-state index contributed by atoms with van der Waals surface area (Å²) >= 11 is 0. The average molecular weight is 195 g/mol. The van der Waals surface area contributed by atoms with Gasteiger partial charge in [0.05, 0.1) is 6.61 Å². The van der Waals surface area contributed by atoms with E-state index in [2.05, 4.69) is 0 Å². The second-order valence-electron chi connectivity index (χ2n) is 3.71. The van der Waals surface area contributed by atoms with Crippen LogP contribution in [-0.2, 0) is 6.54 Å². The highest BCUT2D eigenvalue weighted by atomic mass is 19.1. The third kappa shape index (κ3) is 2.23. The molecule has 0 saturated heterocycles. The van der Waals surface area contributed by atoms with Crippen molar-refractivity contribution in [1.82, 2.24) is 0 Å². The van der Waals surface area contributed by atoms with Gasteiger partial charge in [-0.1, -0.05) is 6.07 Å².